The number of aromatic nitrogens is 1. The highest BCUT2D eigenvalue weighted by Gasteiger charge is 2.14. The fourth-order valence-corrected chi connectivity index (χ4v) is 9.34. The lowest BCUT2D eigenvalue weighted by Crippen LogP contribution is -2.03. The predicted molar refractivity (Wildman–Crippen MR) is 275 cm³/mol. The molecule has 0 fully saturated rings. The fourth-order valence-electron chi connectivity index (χ4n) is 9.34. The van der Waals surface area contributed by atoms with Crippen LogP contribution in [0.25, 0.3) is 106 Å². The molecule has 0 amide bonds. The summed E-state index contributed by atoms with van der Waals surface area (Å²) in [5.41, 5.74) is 12.7. The summed E-state index contributed by atoms with van der Waals surface area (Å²) in [4.78, 5) is 5.00. The molecule has 0 atom stereocenters. The van der Waals surface area contributed by atoms with Gasteiger partial charge in [0.25, 0.3) is 0 Å². The van der Waals surface area contributed by atoms with Crippen LogP contribution < -0.4 is 5.22 Å². The zero-order valence-corrected chi connectivity index (χ0v) is 35.0. The van der Waals surface area contributed by atoms with Gasteiger partial charge in [0.2, 0.25) is 0 Å². The minimum Gasteiger partial charge on any atom is -0.248 e. The quantitative estimate of drug-likeness (QED) is 0.110. The van der Waals surface area contributed by atoms with E-state index in [1.165, 1.54) is 59.6 Å². The summed E-state index contributed by atoms with van der Waals surface area (Å²) in [6.45, 7) is 17.7. The number of rotatable bonds is 8. The summed E-state index contributed by atoms with van der Waals surface area (Å²) in [5.74, 6) is 0. The van der Waals surface area contributed by atoms with Gasteiger partial charge in [-0.25, -0.2) is 4.98 Å². The Kier molecular flexibility index (Phi) is 9.25. The summed E-state index contributed by atoms with van der Waals surface area (Å²) < 4.78 is 0. The summed E-state index contributed by atoms with van der Waals surface area (Å²) >= 11 is 0. The molecule has 0 unspecified atom stereocenters. The molecule has 10 aromatic rings. The van der Waals surface area contributed by atoms with Crippen LogP contribution in [-0.4, -0.2) is 4.98 Å². The van der Waals surface area contributed by atoms with Gasteiger partial charge in [-0.3, -0.25) is 0 Å². The van der Waals surface area contributed by atoms with Gasteiger partial charge in [0.05, 0.1) is 11.2 Å². The van der Waals surface area contributed by atoms with Gasteiger partial charge in [0, 0.05) is 5.39 Å². The molecule has 296 valence electrons. The first-order valence-corrected chi connectivity index (χ1v) is 21.5. The van der Waals surface area contributed by atoms with E-state index in [1.807, 2.05) is 0 Å². The summed E-state index contributed by atoms with van der Waals surface area (Å²) in [6, 6.07) is 54.5. The first kappa shape index (κ1) is 37.8. The molecule has 11 rings (SSSR count). The van der Waals surface area contributed by atoms with Crippen LogP contribution in [0, 0.1) is 0 Å². The molecule has 1 aromatic heterocycles. The van der Waals surface area contributed by atoms with E-state index in [9.17, 15) is 0 Å². The van der Waals surface area contributed by atoms with E-state index in [-0.39, 0.29) is 0 Å². The van der Waals surface area contributed by atoms with Crippen molar-refractivity contribution in [3.63, 3.8) is 0 Å². The van der Waals surface area contributed by atoms with E-state index in [1.54, 1.807) is 0 Å². The van der Waals surface area contributed by atoms with Gasteiger partial charge in [0.1, 0.15) is 0 Å². The fraction of sp³-hybridized carbons (Fsp3) is 0.0161. The zero-order chi connectivity index (χ0) is 42.6. The summed E-state index contributed by atoms with van der Waals surface area (Å²) in [6.07, 6.45) is 17.9. The Morgan fingerprint density at radius 2 is 1.14 bits per heavy atom. The molecule has 1 heteroatoms. The van der Waals surface area contributed by atoms with E-state index < -0.39 is 0 Å². The zero-order valence-electron chi connectivity index (χ0n) is 35.0. The number of benzene rings is 9. The number of fused-ring (bicyclic) bond motifs is 1. The second-order valence-electron chi connectivity index (χ2n) is 16.7. The number of hydrogen-bond donors (Lipinski definition) is 0. The van der Waals surface area contributed by atoms with Gasteiger partial charge < -0.3 is 0 Å². The van der Waals surface area contributed by atoms with Crippen molar-refractivity contribution in [1.29, 1.82) is 0 Å². The number of nitrogens with zero attached hydrogens (tertiary/aromatic N) is 1. The Hall–Kier alpha value is -8.13. The van der Waals surface area contributed by atoms with Crippen molar-refractivity contribution in [3.05, 3.63) is 252 Å². The third-order valence-electron chi connectivity index (χ3n) is 12.8. The van der Waals surface area contributed by atoms with Crippen molar-refractivity contribution >= 4 is 95.1 Å². The minimum atomic E-state index is 0.749. The van der Waals surface area contributed by atoms with Crippen molar-refractivity contribution in [3.8, 4) is 11.1 Å². The lowest BCUT2D eigenvalue weighted by atomic mass is 9.89. The largest absolute Gasteiger partial charge is 0.248 e. The van der Waals surface area contributed by atoms with Gasteiger partial charge in [-0.2, -0.15) is 0 Å². The van der Waals surface area contributed by atoms with Crippen LogP contribution in [0.1, 0.15) is 28.8 Å². The molecule has 1 nitrogen and oxygen atoms in total. The molecule has 0 bridgehead atoms. The molecule has 1 heterocycles. The average Bonchev–Trinajstić information content (AvgIpc) is 3.50. The Bertz CT molecular complexity index is 3720. The lowest BCUT2D eigenvalue weighted by Gasteiger charge is -2.14. The van der Waals surface area contributed by atoms with Crippen LogP contribution in [0.5, 0.6) is 0 Å². The second-order valence-corrected chi connectivity index (χ2v) is 16.7. The van der Waals surface area contributed by atoms with Crippen molar-refractivity contribution in [1.82, 2.24) is 4.98 Å². The molecule has 1 aliphatic rings. The topological polar surface area (TPSA) is 12.9 Å². The highest BCUT2D eigenvalue weighted by atomic mass is 14.7. The SMILES string of the molecule is C=C(/C=C1/C=CC(/C=C/c2ccc(/C=C/c3ccc4cc(-c5ccc6ccc7cccc8ccc5c6c78)ccc4n3)cc2)=CCC1=C)C(=C)c1ccc2cccc3ccc(=C)c1c23. The molecule has 0 aliphatic heterocycles. The maximum atomic E-state index is 5.00. The monoisotopic (exact) mass is 801 g/mol. The maximum absolute atomic E-state index is 5.00. The van der Waals surface area contributed by atoms with Crippen molar-refractivity contribution < 1.29 is 0 Å². The molecular formula is C62H43N. The standard InChI is InChI=1S/C62H43N/c1-39-11-13-43(20-23-51(39)37-41(3)42(4)55-33-27-48-9-5-7-46-22-12-40(2)59(55)60(46)48)14-15-44-16-18-45(19-17-44)21-31-54-32-26-53-38-52(30-36-58(53)63-54)56-34-28-50-25-24-47-8-6-10-49-29-35-57(56)62(50)61(47)49/h5-10,12-38H,1-4,11H2/b15-14+,31-21+,51-37-. The van der Waals surface area contributed by atoms with Gasteiger partial charge in [0.15, 0.2) is 0 Å². The van der Waals surface area contributed by atoms with Crippen LogP contribution in [0.3, 0.4) is 0 Å². The average molecular weight is 802 g/mol. The third-order valence-corrected chi connectivity index (χ3v) is 12.8. The Morgan fingerprint density at radius 1 is 0.524 bits per heavy atom. The summed E-state index contributed by atoms with van der Waals surface area (Å²) in [5, 5.41) is 14.7. The molecule has 0 radical (unpaired) electrons. The van der Waals surface area contributed by atoms with Crippen LogP contribution in [0.4, 0.5) is 0 Å². The molecule has 0 spiro atoms. The van der Waals surface area contributed by atoms with Gasteiger partial charge >= 0.3 is 0 Å². The molecule has 0 N–H and O–H groups in total. The lowest BCUT2D eigenvalue weighted by molar-refractivity contribution is 1.26. The van der Waals surface area contributed by atoms with E-state index in [0.29, 0.717) is 0 Å². The van der Waals surface area contributed by atoms with Gasteiger partial charge in [-0.15, -0.1) is 0 Å². The Morgan fingerprint density at radius 3 is 1.89 bits per heavy atom. The number of pyridine rings is 1. The van der Waals surface area contributed by atoms with E-state index in [0.717, 1.165) is 78.2 Å². The van der Waals surface area contributed by atoms with E-state index in [4.69, 9.17) is 4.98 Å². The van der Waals surface area contributed by atoms with Crippen LogP contribution in [0.15, 0.2) is 224 Å². The highest BCUT2D eigenvalue weighted by molar-refractivity contribution is 6.25. The molecule has 1 aliphatic carbocycles. The first-order valence-electron chi connectivity index (χ1n) is 21.5. The highest BCUT2D eigenvalue weighted by Crippen LogP contribution is 2.40. The van der Waals surface area contributed by atoms with E-state index >= 15 is 0 Å². The third kappa shape index (κ3) is 6.91. The Labute approximate surface area is 367 Å². The van der Waals surface area contributed by atoms with Gasteiger partial charge in [-0.1, -0.05) is 196 Å². The van der Waals surface area contributed by atoms with Crippen molar-refractivity contribution in [2.45, 2.75) is 6.42 Å². The molecule has 63 heavy (non-hydrogen) atoms. The van der Waals surface area contributed by atoms with Crippen LogP contribution in [0.2, 0.25) is 0 Å². The van der Waals surface area contributed by atoms with Crippen LogP contribution in [-0.2, 0) is 0 Å². The minimum absolute atomic E-state index is 0.749. The van der Waals surface area contributed by atoms with Crippen LogP contribution >= 0.6 is 0 Å². The predicted octanol–water partition coefficient (Wildman–Crippen LogP) is 16.1. The second kappa shape index (κ2) is 15.4. The number of hydrogen-bond acceptors (Lipinski definition) is 1. The Balaban J connectivity index is 0.763. The summed E-state index contributed by atoms with van der Waals surface area (Å²) in [7, 11) is 0. The maximum Gasteiger partial charge on any atom is 0.0709 e. The molecular weight excluding hydrogens is 759 g/mol. The van der Waals surface area contributed by atoms with Crippen molar-refractivity contribution in [2.24, 2.45) is 0 Å². The van der Waals surface area contributed by atoms with Crippen molar-refractivity contribution in [2.75, 3.05) is 0 Å². The molecule has 0 saturated carbocycles. The normalized spacial score (nSPS) is 14.1. The smallest absolute Gasteiger partial charge is 0.0709 e. The molecule has 0 saturated heterocycles. The van der Waals surface area contributed by atoms with Gasteiger partial charge in [-0.05, 0) is 152 Å². The molecule has 9 aromatic carbocycles. The first-order chi connectivity index (χ1) is 30.8. The number of allylic oxidation sites excluding steroid dienone is 10. The van der Waals surface area contributed by atoms with E-state index in [2.05, 4.69) is 227 Å².